The second-order valence-electron chi connectivity index (χ2n) is 10.7. The average Bonchev–Trinajstić information content (AvgIpc) is 3.06. The second-order valence-corrected chi connectivity index (χ2v) is 11.1. The number of nitrogens with one attached hydrogen (secondary N) is 1. The zero-order chi connectivity index (χ0) is 23.8. The largest absolute Gasteiger partial charge is 0.393 e. The lowest BCUT2D eigenvalue weighted by atomic mass is 9.66. The van der Waals surface area contributed by atoms with Crippen LogP contribution in [0.1, 0.15) is 59.4 Å². The van der Waals surface area contributed by atoms with Gasteiger partial charge in [0.15, 0.2) is 0 Å². The average molecular weight is 465 g/mol. The van der Waals surface area contributed by atoms with Crippen molar-refractivity contribution >= 4 is 23.4 Å². The summed E-state index contributed by atoms with van der Waals surface area (Å²) in [6.45, 7) is 10.5. The molecule has 32 heavy (non-hydrogen) atoms. The molecule has 0 bridgehead atoms. The van der Waals surface area contributed by atoms with Gasteiger partial charge in [0, 0.05) is 29.4 Å². The maximum atomic E-state index is 13.5. The summed E-state index contributed by atoms with van der Waals surface area (Å²) < 4.78 is 0. The van der Waals surface area contributed by atoms with E-state index in [1.165, 1.54) is 0 Å². The summed E-state index contributed by atoms with van der Waals surface area (Å²) in [7, 11) is 0. The first-order valence-electron chi connectivity index (χ1n) is 11.6. The Kier molecular flexibility index (Phi) is 7.28. The van der Waals surface area contributed by atoms with E-state index in [1.807, 2.05) is 46.8 Å². The number of hydrogen-bond acceptors (Lipinski definition) is 4. The van der Waals surface area contributed by atoms with E-state index in [1.54, 1.807) is 17.0 Å². The minimum absolute atomic E-state index is 0.0737. The maximum absolute atomic E-state index is 13.5. The van der Waals surface area contributed by atoms with Crippen LogP contribution < -0.4 is 5.32 Å². The summed E-state index contributed by atoms with van der Waals surface area (Å²) in [5, 5.41) is 25.2. The number of aliphatic hydroxyl groups excluding tert-OH is 1. The summed E-state index contributed by atoms with van der Waals surface area (Å²) in [4.78, 5) is 28.1. The van der Waals surface area contributed by atoms with E-state index in [4.69, 9.17) is 11.6 Å². The van der Waals surface area contributed by atoms with Crippen LogP contribution in [-0.4, -0.2) is 52.2 Å². The summed E-state index contributed by atoms with van der Waals surface area (Å²) in [5.41, 5.74) is -0.881. The summed E-state index contributed by atoms with van der Waals surface area (Å²) in [6, 6.07) is 6.60. The molecular formula is C25H37ClN2O4. The molecule has 7 heteroatoms. The van der Waals surface area contributed by atoms with E-state index in [0.717, 1.165) is 5.56 Å². The third kappa shape index (κ3) is 4.82. The fourth-order valence-electron chi connectivity index (χ4n) is 5.19. The smallest absolute Gasteiger partial charge is 0.245 e. The van der Waals surface area contributed by atoms with Crippen molar-refractivity contribution in [2.75, 3.05) is 13.1 Å². The SMILES string of the molecule is CC(C)C(NC(=O)[C@H]1C[C@@H](C)[C@H](O)C1)C(=O)N1CCC(O)(c2ccc(Cl)cc2)C(C)(C)C1. The number of amides is 2. The Morgan fingerprint density at radius 2 is 1.81 bits per heavy atom. The summed E-state index contributed by atoms with van der Waals surface area (Å²) in [5.74, 6) is -0.523. The monoisotopic (exact) mass is 464 g/mol. The lowest BCUT2D eigenvalue weighted by Crippen LogP contribution is -2.60. The van der Waals surface area contributed by atoms with Gasteiger partial charge in [0.2, 0.25) is 11.8 Å². The van der Waals surface area contributed by atoms with Gasteiger partial charge in [-0.15, -0.1) is 0 Å². The summed E-state index contributed by atoms with van der Waals surface area (Å²) >= 11 is 6.02. The number of carbonyl (C=O) groups is 2. The third-order valence-corrected chi connectivity index (χ3v) is 7.78. The van der Waals surface area contributed by atoms with Crippen molar-refractivity contribution in [2.24, 2.45) is 23.2 Å². The quantitative estimate of drug-likeness (QED) is 0.623. The van der Waals surface area contributed by atoms with E-state index in [9.17, 15) is 19.8 Å². The van der Waals surface area contributed by atoms with Gasteiger partial charge in [-0.05, 0) is 48.8 Å². The van der Waals surface area contributed by atoms with Gasteiger partial charge in [-0.3, -0.25) is 9.59 Å². The van der Waals surface area contributed by atoms with E-state index in [-0.39, 0.29) is 29.6 Å². The zero-order valence-electron chi connectivity index (χ0n) is 19.8. The predicted molar refractivity (Wildman–Crippen MR) is 125 cm³/mol. The van der Waals surface area contributed by atoms with Gasteiger partial charge in [0.25, 0.3) is 0 Å². The molecule has 0 aromatic heterocycles. The maximum Gasteiger partial charge on any atom is 0.245 e. The van der Waals surface area contributed by atoms with Crippen LogP contribution in [0, 0.1) is 23.2 Å². The van der Waals surface area contributed by atoms with Crippen molar-refractivity contribution in [3.8, 4) is 0 Å². The Balaban J connectivity index is 1.72. The number of aliphatic hydroxyl groups is 2. The van der Waals surface area contributed by atoms with Crippen LogP contribution in [0.2, 0.25) is 5.02 Å². The van der Waals surface area contributed by atoms with E-state index in [2.05, 4.69) is 5.32 Å². The molecule has 1 aliphatic carbocycles. The molecule has 1 aromatic carbocycles. The number of hydrogen-bond donors (Lipinski definition) is 3. The molecule has 0 spiro atoms. The van der Waals surface area contributed by atoms with Crippen LogP contribution in [0.5, 0.6) is 0 Å². The molecule has 1 heterocycles. The van der Waals surface area contributed by atoms with Crippen LogP contribution in [0.4, 0.5) is 0 Å². The molecule has 1 saturated heterocycles. The number of nitrogens with zero attached hydrogens (tertiary/aromatic N) is 1. The first-order chi connectivity index (χ1) is 14.9. The normalized spacial score (nSPS) is 30.9. The van der Waals surface area contributed by atoms with Crippen molar-refractivity contribution in [2.45, 2.75) is 71.6 Å². The highest BCUT2D eigenvalue weighted by Gasteiger charge is 2.50. The Labute approximate surface area is 196 Å². The summed E-state index contributed by atoms with van der Waals surface area (Å²) in [6.07, 6.45) is 1.01. The Bertz CT molecular complexity index is 831. The Morgan fingerprint density at radius 3 is 2.31 bits per heavy atom. The number of rotatable bonds is 5. The number of likely N-dealkylation sites (tertiary alicyclic amines) is 1. The van der Waals surface area contributed by atoms with E-state index >= 15 is 0 Å². The lowest BCUT2D eigenvalue weighted by Gasteiger charge is -2.51. The van der Waals surface area contributed by atoms with Crippen LogP contribution in [0.25, 0.3) is 0 Å². The van der Waals surface area contributed by atoms with Gasteiger partial charge in [-0.25, -0.2) is 0 Å². The molecule has 1 saturated carbocycles. The van der Waals surface area contributed by atoms with E-state index < -0.39 is 23.2 Å². The minimum atomic E-state index is -1.08. The predicted octanol–water partition coefficient (Wildman–Crippen LogP) is 3.33. The molecule has 2 aliphatic rings. The van der Waals surface area contributed by atoms with Gasteiger partial charge in [-0.2, -0.15) is 0 Å². The van der Waals surface area contributed by atoms with Crippen molar-refractivity contribution in [3.05, 3.63) is 34.9 Å². The molecule has 0 radical (unpaired) electrons. The molecule has 5 atom stereocenters. The molecule has 2 fully saturated rings. The molecule has 1 aromatic rings. The molecule has 1 aliphatic heterocycles. The van der Waals surface area contributed by atoms with Gasteiger partial charge >= 0.3 is 0 Å². The van der Waals surface area contributed by atoms with Crippen LogP contribution in [-0.2, 0) is 15.2 Å². The molecule has 2 amide bonds. The Hall–Kier alpha value is -1.63. The second kappa shape index (κ2) is 9.32. The Morgan fingerprint density at radius 1 is 1.19 bits per heavy atom. The standard InChI is InChI=1S/C25H37ClN2O4/c1-15(2)21(27-22(30)17-12-16(3)20(29)13-17)23(31)28-11-10-25(32,24(4,5)14-28)18-6-8-19(26)9-7-18/h6-9,15-17,20-21,29,32H,10-14H2,1-5H3,(H,27,30)/t16-,17+,20-,21?,25?/m1/s1. The van der Waals surface area contributed by atoms with Crippen molar-refractivity contribution in [3.63, 3.8) is 0 Å². The topological polar surface area (TPSA) is 89.9 Å². The first-order valence-corrected chi connectivity index (χ1v) is 12.0. The van der Waals surface area contributed by atoms with Crippen molar-refractivity contribution in [1.82, 2.24) is 10.2 Å². The number of benzene rings is 1. The fraction of sp³-hybridized carbons (Fsp3) is 0.680. The van der Waals surface area contributed by atoms with Crippen LogP contribution in [0.15, 0.2) is 24.3 Å². The van der Waals surface area contributed by atoms with Crippen molar-refractivity contribution in [1.29, 1.82) is 0 Å². The first kappa shape index (κ1) is 25.0. The molecule has 178 valence electrons. The highest BCUT2D eigenvalue weighted by Crippen LogP contribution is 2.46. The molecule has 3 N–H and O–H groups in total. The highest BCUT2D eigenvalue weighted by molar-refractivity contribution is 6.30. The van der Waals surface area contributed by atoms with Gasteiger partial charge < -0.3 is 20.4 Å². The molecule has 2 unspecified atom stereocenters. The minimum Gasteiger partial charge on any atom is -0.393 e. The number of carbonyl (C=O) groups excluding carboxylic acids is 2. The number of piperidine rings is 1. The van der Waals surface area contributed by atoms with Gasteiger partial charge in [0.05, 0.1) is 11.7 Å². The molecule has 6 nitrogen and oxygen atoms in total. The third-order valence-electron chi connectivity index (χ3n) is 7.52. The van der Waals surface area contributed by atoms with Gasteiger partial charge in [0.1, 0.15) is 6.04 Å². The molecule has 3 rings (SSSR count). The van der Waals surface area contributed by atoms with Crippen molar-refractivity contribution < 1.29 is 19.8 Å². The fourth-order valence-corrected chi connectivity index (χ4v) is 5.32. The lowest BCUT2D eigenvalue weighted by molar-refractivity contribution is -0.157. The van der Waals surface area contributed by atoms with E-state index in [0.29, 0.717) is 37.4 Å². The van der Waals surface area contributed by atoms with Gasteiger partial charge in [-0.1, -0.05) is 58.4 Å². The van der Waals surface area contributed by atoms with Crippen LogP contribution in [0.3, 0.4) is 0 Å². The zero-order valence-corrected chi connectivity index (χ0v) is 20.5. The highest BCUT2D eigenvalue weighted by atomic mass is 35.5. The van der Waals surface area contributed by atoms with Crippen LogP contribution >= 0.6 is 11.6 Å². The number of halogens is 1. The molecular weight excluding hydrogens is 428 g/mol.